The van der Waals surface area contributed by atoms with E-state index in [1.807, 2.05) is 48.5 Å². The van der Waals surface area contributed by atoms with Crippen LogP contribution in [0.1, 0.15) is 11.3 Å². The van der Waals surface area contributed by atoms with Crippen molar-refractivity contribution in [2.24, 2.45) is 0 Å². The van der Waals surface area contributed by atoms with Crippen molar-refractivity contribution >= 4 is 28.2 Å². The van der Waals surface area contributed by atoms with Gasteiger partial charge >= 0.3 is 0 Å². The minimum atomic E-state index is 0.430. The summed E-state index contributed by atoms with van der Waals surface area (Å²) >= 11 is 6.34. The Kier molecular flexibility index (Phi) is 6.39. The fourth-order valence-electron chi connectivity index (χ4n) is 4.06. The molecule has 8 nitrogen and oxygen atoms in total. The van der Waals surface area contributed by atoms with Gasteiger partial charge in [0, 0.05) is 34.1 Å². The van der Waals surface area contributed by atoms with Gasteiger partial charge in [-0.1, -0.05) is 17.7 Å². The highest BCUT2D eigenvalue weighted by Crippen LogP contribution is 2.33. The lowest BCUT2D eigenvalue weighted by Crippen LogP contribution is -2.04. The predicted molar refractivity (Wildman–Crippen MR) is 139 cm³/mol. The van der Waals surface area contributed by atoms with Crippen LogP contribution in [0.5, 0.6) is 11.5 Å². The van der Waals surface area contributed by atoms with Crippen LogP contribution >= 0.6 is 11.6 Å². The summed E-state index contributed by atoms with van der Waals surface area (Å²) < 4.78 is 12.4. The third kappa shape index (κ3) is 4.40. The molecule has 178 valence electrons. The van der Waals surface area contributed by atoms with Crippen molar-refractivity contribution in [3.63, 3.8) is 0 Å². The van der Waals surface area contributed by atoms with E-state index in [-0.39, 0.29) is 0 Å². The molecule has 1 N–H and O–H groups in total. The van der Waals surface area contributed by atoms with Crippen LogP contribution in [0.3, 0.4) is 0 Å². The lowest BCUT2D eigenvalue weighted by Gasteiger charge is -2.14. The molecular formula is C27H21ClN6O2. The first-order valence-electron chi connectivity index (χ1n) is 11.1. The highest BCUT2D eigenvalue weighted by Gasteiger charge is 2.14. The Bertz CT molecular complexity index is 1610. The number of benzene rings is 3. The Morgan fingerprint density at radius 3 is 2.72 bits per heavy atom. The molecule has 3 aromatic carbocycles. The number of aromatic nitrogens is 4. The zero-order chi connectivity index (χ0) is 25.1. The molecule has 0 aliphatic carbocycles. The van der Waals surface area contributed by atoms with E-state index in [0.717, 1.165) is 45.0 Å². The van der Waals surface area contributed by atoms with E-state index in [9.17, 15) is 5.26 Å². The molecule has 0 unspecified atom stereocenters. The molecule has 0 aliphatic heterocycles. The minimum absolute atomic E-state index is 0.430. The highest BCUT2D eigenvalue weighted by atomic mass is 35.5. The number of nitriles is 1. The second-order valence-electron chi connectivity index (χ2n) is 7.92. The van der Waals surface area contributed by atoms with Crippen molar-refractivity contribution in [2.75, 3.05) is 19.5 Å². The van der Waals surface area contributed by atoms with Gasteiger partial charge in [0.2, 0.25) is 0 Å². The van der Waals surface area contributed by atoms with E-state index in [1.54, 1.807) is 43.4 Å². The Labute approximate surface area is 212 Å². The molecule has 2 heterocycles. The summed E-state index contributed by atoms with van der Waals surface area (Å²) in [6.45, 7) is 0.532. The molecule has 0 spiro atoms. The first-order chi connectivity index (χ1) is 17.6. The number of hydrogen-bond donors (Lipinski definition) is 1. The van der Waals surface area contributed by atoms with Crippen LogP contribution in [0.4, 0.5) is 5.69 Å². The molecule has 2 aromatic heterocycles. The average molecular weight is 497 g/mol. The lowest BCUT2D eigenvalue weighted by molar-refractivity contribution is 0.391. The standard InChI is InChI=1S/C27H21ClN6O2/c1-35-21-6-3-18(27(13-21)36-2)15-30-25-16-31-33-24-11-17(4-7-22(24)25)23-12-19(28)5-8-26(23)34-20(14-29)9-10-32-34/h3-13,16H,15H2,1-2H3,(H,30,33). The van der Waals surface area contributed by atoms with Gasteiger partial charge in [-0.05, 0) is 54.1 Å². The largest absolute Gasteiger partial charge is 0.497 e. The fourth-order valence-corrected chi connectivity index (χ4v) is 4.23. The summed E-state index contributed by atoms with van der Waals surface area (Å²) in [5.74, 6) is 1.47. The van der Waals surface area contributed by atoms with Gasteiger partial charge in [-0.25, -0.2) is 4.68 Å². The molecule has 0 radical (unpaired) electrons. The van der Waals surface area contributed by atoms with Gasteiger partial charge in [0.25, 0.3) is 0 Å². The van der Waals surface area contributed by atoms with Crippen LogP contribution in [0.15, 0.2) is 73.1 Å². The Hall–Kier alpha value is -4.61. The van der Waals surface area contributed by atoms with Crippen molar-refractivity contribution in [1.29, 1.82) is 5.26 Å². The summed E-state index contributed by atoms with van der Waals surface area (Å²) in [5.41, 5.74) is 5.42. The molecule has 0 saturated heterocycles. The summed E-state index contributed by atoms with van der Waals surface area (Å²) in [5, 5.41) is 27.3. The second-order valence-corrected chi connectivity index (χ2v) is 8.36. The van der Waals surface area contributed by atoms with Gasteiger partial charge in [-0.15, -0.1) is 0 Å². The number of nitrogens with zero attached hydrogens (tertiary/aromatic N) is 5. The highest BCUT2D eigenvalue weighted by molar-refractivity contribution is 6.31. The number of fused-ring (bicyclic) bond motifs is 1. The molecule has 0 saturated carbocycles. The molecular weight excluding hydrogens is 476 g/mol. The van der Waals surface area contributed by atoms with E-state index < -0.39 is 0 Å². The van der Waals surface area contributed by atoms with Crippen LogP contribution in [0.25, 0.3) is 27.7 Å². The molecule has 0 aliphatic rings. The minimum Gasteiger partial charge on any atom is -0.497 e. The molecule has 36 heavy (non-hydrogen) atoms. The van der Waals surface area contributed by atoms with Crippen LogP contribution < -0.4 is 14.8 Å². The van der Waals surface area contributed by atoms with Crippen molar-refractivity contribution in [3.8, 4) is 34.4 Å². The van der Waals surface area contributed by atoms with Gasteiger partial charge in [0.15, 0.2) is 0 Å². The van der Waals surface area contributed by atoms with Crippen molar-refractivity contribution < 1.29 is 9.47 Å². The smallest absolute Gasteiger partial charge is 0.144 e. The fraction of sp³-hybridized carbons (Fsp3) is 0.111. The molecule has 5 rings (SSSR count). The molecule has 0 amide bonds. The average Bonchev–Trinajstić information content (AvgIpc) is 3.40. The summed E-state index contributed by atoms with van der Waals surface area (Å²) in [7, 11) is 3.26. The van der Waals surface area contributed by atoms with E-state index in [0.29, 0.717) is 22.8 Å². The monoisotopic (exact) mass is 496 g/mol. The summed E-state index contributed by atoms with van der Waals surface area (Å²) in [6, 6.07) is 21.0. The van der Waals surface area contributed by atoms with E-state index in [2.05, 4.69) is 26.7 Å². The molecule has 5 aromatic rings. The zero-order valence-corrected chi connectivity index (χ0v) is 20.3. The van der Waals surface area contributed by atoms with Crippen LogP contribution in [0, 0.1) is 11.3 Å². The third-order valence-electron chi connectivity index (χ3n) is 5.86. The maximum absolute atomic E-state index is 9.47. The number of nitrogens with one attached hydrogen (secondary N) is 1. The number of methoxy groups -OCH3 is 2. The van der Waals surface area contributed by atoms with Gasteiger partial charge in [0.1, 0.15) is 23.3 Å². The van der Waals surface area contributed by atoms with Crippen LogP contribution in [-0.4, -0.2) is 34.2 Å². The normalized spacial score (nSPS) is 10.7. The quantitative estimate of drug-likeness (QED) is 0.311. The number of anilines is 1. The third-order valence-corrected chi connectivity index (χ3v) is 6.09. The maximum Gasteiger partial charge on any atom is 0.144 e. The van der Waals surface area contributed by atoms with Crippen molar-refractivity contribution in [3.05, 3.63) is 89.3 Å². The van der Waals surface area contributed by atoms with Gasteiger partial charge in [-0.2, -0.15) is 20.6 Å². The number of halogens is 1. The number of hydrogen-bond acceptors (Lipinski definition) is 7. The van der Waals surface area contributed by atoms with Crippen molar-refractivity contribution in [2.45, 2.75) is 6.54 Å². The Morgan fingerprint density at radius 2 is 1.92 bits per heavy atom. The van der Waals surface area contributed by atoms with Crippen molar-refractivity contribution in [1.82, 2.24) is 20.0 Å². The van der Waals surface area contributed by atoms with Gasteiger partial charge < -0.3 is 14.8 Å². The van der Waals surface area contributed by atoms with Gasteiger partial charge in [0.05, 0.1) is 43.5 Å². The summed E-state index contributed by atoms with van der Waals surface area (Å²) in [6.07, 6.45) is 3.30. The topological polar surface area (TPSA) is 97.9 Å². The number of rotatable bonds is 7. The van der Waals surface area contributed by atoms with Crippen LogP contribution in [-0.2, 0) is 6.54 Å². The summed E-state index contributed by atoms with van der Waals surface area (Å²) in [4.78, 5) is 0. The van der Waals surface area contributed by atoms with E-state index in [4.69, 9.17) is 21.1 Å². The van der Waals surface area contributed by atoms with Gasteiger partial charge in [-0.3, -0.25) is 0 Å². The SMILES string of the molecule is COc1ccc(CNc2cnnc3cc(-c4cc(Cl)ccc4-n4nccc4C#N)ccc23)c(OC)c1. The van der Waals surface area contributed by atoms with E-state index >= 15 is 0 Å². The molecule has 0 bridgehead atoms. The maximum atomic E-state index is 9.47. The molecule has 0 fully saturated rings. The Balaban J connectivity index is 1.50. The zero-order valence-electron chi connectivity index (χ0n) is 19.6. The first kappa shape index (κ1) is 23.1. The van der Waals surface area contributed by atoms with Crippen LogP contribution in [0.2, 0.25) is 5.02 Å². The predicted octanol–water partition coefficient (Wildman–Crippen LogP) is 5.64. The Morgan fingerprint density at radius 1 is 1.03 bits per heavy atom. The lowest BCUT2D eigenvalue weighted by atomic mass is 10.0. The molecule has 0 atom stereocenters. The second kappa shape index (κ2) is 9.94. The first-order valence-corrected chi connectivity index (χ1v) is 11.4. The molecule has 9 heteroatoms. The van der Waals surface area contributed by atoms with E-state index in [1.165, 1.54) is 0 Å². The number of ether oxygens (including phenoxy) is 2.